The Kier molecular flexibility index (Phi) is 4.63. The van der Waals surface area contributed by atoms with Crippen molar-refractivity contribution in [1.82, 2.24) is 15.2 Å². The van der Waals surface area contributed by atoms with Gasteiger partial charge in [0.15, 0.2) is 0 Å². The fourth-order valence-electron chi connectivity index (χ4n) is 2.72. The topological polar surface area (TPSA) is 70.7 Å². The Morgan fingerprint density at radius 1 is 1.07 bits per heavy atom. The second-order valence-electron chi connectivity index (χ2n) is 6.07. The van der Waals surface area contributed by atoms with Crippen molar-refractivity contribution in [1.29, 1.82) is 0 Å². The van der Waals surface area contributed by atoms with Crippen LogP contribution in [0.3, 0.4) is 0 Å². The van der Waals surface area contributed by atoms with Crippen molar-refractivity contribution >= 4 is 34.6 Å². The molecule has 0 saturated carbocycles. The first-order chi connectivity index (χ1) is 13.6. The van der Waals surface area contributed by atoms with Crippen LogP contribution in [0.2, 0.25) is 0 Å². The van der Waals surface area contributed by atoms with Crippen molar-refractivity contribution in [2.24, 2.45) is 0 Å². The zero-order chi connectivity index (χ0) is 19.5. The SMILES string of the molecule is O=C(Nc1cc2c(C=Cc3ccc(F)cc3)n[nH]c2cc1F)c1cccnc1. The molecule has 7 heteroatoms. The van der Waals surface area contributed by atoms with Crippen molar-refractivity contribution < 1.29 is 13.6 Å². The first-order valence-electron chi connectivity index (χ1n) is 8.43. The molecule has 0 aliphatic carbocycles. The van der Waals surface area contributed by atoms with E-state index < -0.39 is 11.7 Å². The van der Waals surface area contributed by atoms with Gasteiger partial charge >= 0.3 is 0 Å². The fraction of sp³-hybridized carbons (Fsp3) is 0. The third-order valence-corrected chi connectivity index (χ3v) is 4.16. The van der Waals surface area contributed by atoms with E-state index in [1.54, 1.807) is 42.6 Å². The molecule has 0 aliphatic rings. The van der Waals surface area contributed by atoms with E-state index in [-0.39, 0.29) is 11.5 Å². The van der Waals surface area contributed by atoms with Gasteiger partial charge in [-0.25, -0.2) is 8.78 Å². The zero-order valence-electron chi connectivity index (χ0n) is 14.5. The number of H-pyrrole nitrogens is 1. The van der Waals surface area contributed by atoms with E-state index in [1.807, 2.05) is 0 Å². The molecular weight excluding hydrogens is 362 g/mol. The van der Waals surface area contributed by atoms with E-state index in [1.165, 1.54) is 30.5 Å². The molecule has 4 rings (SSSR count). The number of carbonyl (C=O) groups is 1. The van der Waals surface area contributed by atoms with E-state index in [0.717, 1.165) is 5.56 Å². The number of amides is 1. The van der Waals surface area contributed by atoms with Gasteiger partial charge in [0.1, 0.15) is 11.6 Å². The standard InChI is InChI=1S/C21H14F2N4O/c22-15-6-3-13(4-7-15)5-8-18-16-10-20(17(23)11-19(16)27-26-18)25-21(28)14-2-1-9-24-12-14/h1-12H,(H,25,28)(H,26,27). The molecule has 2 heterocycles. The van der Waals surface area contributed by atoms with Crippen LogP contribution >= 0.6 is 0 Å². The zero-order valence-corrected chi connectivity index (χ0v) is 14.5. The lowest BCUT2D eigenvalue weighted by Gasteiger charge is -2.06. The highest BCUT2D eigenvalue weighted by molar-refractivity contribution is 6.05. The minimum atomic E-state index is -0.581. The molecule has 0 bridgehead atoms. The van der Waals surface area contributed by atoms with Gasteiger partial charge in [-0.2, -0.15) is 5.10 Å². The highest BCUT2D eigenvalue weighted by Crippen LogP contribution is 2.25. The van der Waals surface area contributed by atoms with Gasteiger partial charge in [-0.05, 0) is 42.0 Å². The maximum absolute atomic E-state index is 14.4. The van der Waals surface area contributed by atoms with E-state index in [4.69, 9.17) is 0 Å². The normalized spacial score (nSPS) is 11.2. The third-order valence-electron chi connectivity index (χ3n) is 4.16. The number of benzene rings is 2. The average molecular weight is 376 g/mol. The smallest absolute Gasteiger partial charge is 0.257 e. The van der Waals surface area contributed by atoms with Crippen LogP contribution in [0.25, 0.3) is 23.1 Å². The molecule has 0 saturated heterocycles. The number of hydrogen-bond acceptors (Lipinski definition) is 3. The summed E-state index contributed by atoms with van der Waals surface area (Å²) in [6.07, 6.45) is 6.46. The summed E-state index contributed by atoms with van der Waals surface area (Å²) in [6.45, 7) is 0. The third kappa shape index (κ3) is 3.64. The number of nitrogens with one attached hydrogen (secondary N) is 2. The molecule has 2 aromatic carbocycles. The summed E-state index contributed by atoms with van der Waals surface area (Å²) in [4.78, 5) is 16.2. The number of halogens is 2. The summed E-state index contributed by atoms with van der Waals surface area (Å²) < 4.78 is 27.4. The van der Waals surface area contributed by atoms with Gasteiger partial charge in [0, 0.05) is 23.8 Å². The molecule has 0 radical (unpaired) electrons. The molecule has 0 atom stereocenters. The van der Waals surface area contributed by atoms with Crippen LogP contribution in [0.4, 0.5) is 14.5 Å². The van der Waals surface area contributed by atoms with Gasteiger partial charge in [-0.1, -0.05) is 18.2 Å². The second-order valence-corrected chi connectivity index (χ2v) is 6.07. The quantitative estimate of drug-likeness (QED) is 0.544. The molecule has 4 aromatic rings. The van der Waals surface area contributed by atoms with Crippen molar-refractivity contribution in [2.45, 2.75) is 0 Å². The highest BCUT2D eigenvalue weighted by Gasteiger charge is 2.13. The first-order valence-corrected chi connectivity index (χ1v) is 8.43. The number of fused-ring (bicyclic) bond motifs is 1. The maximum atomic E-state index is 14.4. The Morgan fingerprint density at radius 3 is 2.64 bits per heavy atom. The van der Waals surface area contributed by atoms with Gasteiger partial charge in [-0.15, -0.1) is 0 Å². The van der Waals surface area contributed by atoms with Crippen LogP contribution in [-0.4, -0.2) is 21.1 Å². The molecule has 28 heavy (non-hydrogen) atoms. The number of anilines is 1. The number of hydrogen-bond donors (Lipinski definition) is 2. The lowest BCUT2D eigenvalue weighted by atomic mass is 10.1. The highest BCUT2D eigenvalue weighted by atomic mass is 19.1. The molecule has 2 aromatic heterocycles. The van der Waals surface area contributed by atoms with Gasteiger partial charge in [0.25, 0.3) is 5.91 Å². The minimum Gasteiger partial charge on any atom is -0.319 e. The summed E-state index contributed by atoms with van der Waals surface area (Å²) >= 11 is 0. The van der Waals surface area contributed by atoms with Crippen LogP contribution in [0, 0.1) is 11.6 Å². The second kappa shape index (κ2) is 7.40. The van der Waals surface area contributed by atoms with E-state index in [9.17, 15) is 13.6 Å². The molecule has 138 valence electrons. The van der Waals surface area contributed by atoms with Crippen LogP contribution in [0.1, 0.15) is 21.6 Å². The van der Waals surface area contributed by atoms with E-state index >= 15 is 0 Å². The number of carbonyl (C=O) groups excluding carboxylic acids is 1. The predicted molar refractivity (Wildman–Crippen MR) is 104 cm³/mol. The first kappa shape index (κ1) is 17.5. The Balaban J connectivity index is 1.64. The summed E-state index contributed by atoms with van der Waals surface area (Å²) in [5.74, 6) is -1.35. The van der Waals surface area contributed by atoms with Crippen LogP contribution < -0.4 is 5.32 Å². The molecule has 0 spiro atoms. The molecule has 1 amide bonds. The van der Waals surface area contributed by atoms with Gasteiger partial charge in [0.05, 0.1) is 22.5 Å². The number of nitrogens with zero attached hydrogens (tertiary/aromatic N) is 2. The van der Waals surface area contributed by atoms with Gasteiger partial charge < -0.3 is 5.32 Å². The number of rotatable bonds is 4. The van der Waals surface area contributed by atoms with Crippen molar-refractivity contribution in [3.8, 4) is 0 Å². The van der Waals surface area contributed by atoms with Crippen molar-refractivity contribution in [2.75, 3.05) is 5.32 Å². The summed E-state index contributed by atoms with van der Waals surface area (Å²) in [5, 5.41) is 10.1. The Morgan fingerprint density at radius 2 is 1.89 bits per heavy atom. The predicted octanol–water partition coefficient (Wildman–Crippen LogP) is 4.66. The summed E-state index contributed by atoms with van der Waals surface area (Å²) in [7, 11) is 0. The minimum absolute atomic E-state index is 0.0409. The lowest BCUT2D eigenvalue weighted by molar-refractivity contribution is 0.102. The Labute approximate surface area is 158 Å². The summed E-state index contributed by atoms with van der Waals surface area (Å²) in [6, 6.07) is 12.0. The average Bonchev–Trinajstić information content (AvgIpc) is 3.10. The van der Waals surface area contributed by atoms with E-state index in [2.05, 4.69) is 20.5 Å². The van der Waals surface area contributed by atoms with Gasteiger partial charge in [0.2, 0.25) is 0 Å². The molecule has 2 N–H and O–H groups in total. The van der Waals surface area contributed by atoms with Crippen LogP contribution in [-0.2, 0) is 0 Å². The van der Waals surface area contributed by atoms with Crippen LogP contribution in [0.5, 0.6) is 0 Å². The van der Waals surface area contributed by atoms with Crippen molar-refractivity contribution in [3.63, 3.8) is 0 Å². The number of pyridine rings is 1. The van der Waals surface area contributed by atoms with E-state index in [0.29, 0.717) is 22.2 Å². The number of aromatic amines is 1. The fourth-order valence-corrected chi connectivity index (χ4v) is 2.72. The molecule has 0 aliphatic heterocycles. The number of aromatic nitrogens is 3. The van der Waals surface area contributed by atoms with Crippen molar-refractivity contribution in [3.05, 3.63) is 89.4 Å². The lowest BCUT2D eigenvalue weighted by Crippen LogP contribution is -2.13. The Hall–Kier alpha value is -3.87. The summed E-state index contributed by atoms with van der Waals surface area (Å²) in [5.41, 5.74) is 2.22. The molecular formula is C21H14F2N4O. The largest absolute Gasteiger partial charge is 0.319 e. The molecule has 0 fully saturated rings. The Bertz CT molecular complexity index is 1170. The van der Waals surface area contributed by atoms with Crippen LogP contribution in [0.15, 0.2) is 60.9 Å². The molecule has 5 nitrogen and oxygen atoms in total. The maximum Gasteiger partial charge on any atom is 0.257 e. The monoisotopic (exact) mass is 376 g/mol. The van der Waals surface area contributed by atoms with Gasteiger partial charge in [-0.3, -0.25) is 14.9 Å². The molecule has 0 unspecified atom stereocenters.